The number of benzene rings is 1. The van der Waals surface area contributed by atoms with Crippen LogP contribution >= 0.6 is 0 Å². The first-order chi connectivity index (χ1) is 8.47. The largest absolute Gasteiger partial charge is 0.381 e. The number of ether oxygens (including phenoxy) is 1. The number of halogens is 1. The standard InChI is InChI=1S/C12H16FNO3S/c13-11-3-1-9(2-4-11)7-10-8-17-6-5-12(10)18(14,15)16/h1-4,10,12H,5-8H2,(H2,14,15,16)/t10-,12+/m0/s1. The molecule has 18 heavy (non-hydrogen) atoms. The van der Waals surface area contributed by atoms with Gasteiger partial charge >= 0.3 is 0 Å². The number of primary sulfonamides is 1. The molecular weight excluding hydrogens is 257 g/mol. The van der Waals surface area contributed by atoms with Gasteiger partial charge < -0.3 is 4.74 Å². The van der Waals surface area contributed by atoms with Gasteiger partial charge in [-0.25, -0.2) is 17.9 Å². The summed E-state index contributed by atoms with van der Waals surface area (Å²) >= 11 is 0. The zero-order chi connectivity index (χ0) is 13.2. The summed E-state index contributed by atoms with van der Waals surface area (Å²) < 4.78 is 41.1. The number of sulfonamides is 1. The van der Waals surface area contributed by atoms with Crippen LogP contribution in [0.1, 0.15) is 12.0 Å². The van der Waals surface area contributed by atoms with E-state index in [-0.39, 0.29) is 11.7 Å². The lowest BCUT2D eigenvalue weighted by molar-refractivity contribution is 0.0572. The molecule has 100 valence electrons. The monoisotopic (exact) mass is 273 g/mol. The molecular formula is C12H16FNO3S. The van der Waals surface area contributed by atoms with Crippen LogP contribution in [0.15, 0.2) is 24.3 Å². The summed E-state index contributed by atoms with van der Waals surface area (Å²) in [5.74, 6) is -0.471. The van der Waals surface area contributed by atoms with E-state index in [4.69, 9.17) is 9.88 Å². The van der Waals surface area contributed by atoms with E-state index in [0.717, 1.165) is 5.56 Å². The average Bonchev–Trinajstić information content (AvgIpc) is 2.31. The molecule has 1 aromatic carbocycles. The van der Waals surface area contributed by atoms with Gasteiger partial charge in [0.25, 0.3) is 0 Å². The highest BCUT2D eigenvalue weighted by Crippen LogP contribution is 2.24. The van der Waals surface area contributed by atoms with Crippen molar-refractivity contribution in [2.75, 3.05) is 13.2 Å². The Morgan fingerprint density at radius 1 is 1.33 bits per heavy atom. The summed E-state index contributed by atoms with van der Waals surface area (Å²) in [6.07, 6.45) is 0.950. The fourth-order valence-electron chi connectivity index (χ4n) is 2.32. The Kier molecular flexibility index (Phi) is 3.99. The SMILES string of the molecule is NS(=O)(=O)[C@@H]1CCOC[C@@H]1Cc1ccc(F)cc1. The fourth-order valence-corrected chi connectivity index (χ4v) is 3.46. The maximum absolute atomic E-state index is 12.8. The molecule has 0 amide bonds. The smallest absolute Gasteiger partial charge is 0.212 e. The minimum absolute atomic E-state index is 0.167. The number of nitrogens with two attached hydrogens (primary N) is 1. The Hall–Kier alpha value is -0.980. The van der Waals surface area contributed by atoms with Gasteiger partial charge in [-0.05, 0) is 30.5 Å². The molecule has 1 aromatic rings. The van der Waals surface area contributed by atoms with E-state index in [1.54, 1.807) is 12.1 Å². The van der Waals surface area contributed by atoms with E-state index >= 15 is 0 Å². The molecule has 4 nitrogen and oxygen atoms in total. The normalized spacial score (nSPS) is 25.0. The molecule has 1 saturated heterocycles. The van der Waals surface area contributed by atoms with Crippen molar-refractivity contribution in [3.63, 3.8) is 0 Å². The van der Waals surface area contributed by atoms with Crippen LogP contribution in [0, 0.1) is 11.7 Å². The van der Waals surface area contributed by atoms with Gasteiger partial charge in [-0.1, -0.05) is 12.1 Å². The van der Waals surface area contributed by atoms with Gasteiger partial charge in [0.15, 0.2) is 0 Å². The molecule has 0 aliphatic carbocycles. The lowest BCUT2D eigenvalue weighted by atomic mass is 9.93. The molecule has 0 unspecified atom stereocenters. The molecule has 0 saturated carbocycles. The van der Waals surface area contributed by atoms with Crippen LogP contribution in [0.2, 0.25) is 0 Å². The predicted molar refractivity (Wildman–Crippen MR) is 65.9 cm³/mol. The Balaban J connectivity index is 2.13. The molecule has 2 rings (SSSR count). The summed E-state index contributed by atoms with van der Waals surface area (Å²) in [5.41, 5.74) is 0.889. The van der Waals surface area contributed by atoms with Gasteiger partial charge in [0.2, 0.25) is 10.0 Å². The zero-order valence-corrected chi connectivity index (χ0v) is 10.7. The van der Waals surface area contributed by atoms with Crippen molar-refractivity contribution >= 4 is 10.0 Å². The van der Waals surface area contributed by atoms with E-state index in [9.17, 15) is 12.8 Å². The summed E-state index contributed by atoms with van der Waals surface area (Å²) in [6, 6.07) is 6.05. The maximum Gasteiger partial charge on any atom is 0.212 e. The minimum atomic E-state index is -3.56. The van der Waals surface area contributed by atoms with Crippen LogP contribution in [0.4, 0.5) is 4.39 Å². The highest BCUT2D eigenvalue weighted by molar-refractivity contribution is 7.89. The molecule has 0 radical (unpaired) electrons. The quantitative estimate of drug-likeness (QED) is 0.895. The fraction of sp³-hybridized carbons (Fsp3) is 0.500. The van der Waals surface area contributed by atoms with Crippen LogP contribution in [-0.4, -0.2) is 26.9 Å². The zero-order valence-electron chi connectivity index (χ0n) is 9.88. The Bertz CT molecular complexity index is 501. The van der Waals surface area contributed by atoms with Crippen molar-refractivity contribution in [1.82, 2.24) is 0 Å². The first-order valence-corrected chi connectivity index (χ1v) is 7.41. The number of rotatable bonds is 3. The van der Waals surface area contributed by atoms with Crippen molar-refractivity contribution in [3.8, 4) is 0 Å². The summed E-state index contributed by atoms with van der Waals surface area (Å²) in [7, 11) is -3.56. The van der Waals surface area contributed by atoms with E-state index in [1.165, 1.54) is 12.1 Å². The van der Waals surface area contributed by atoms with Gasteiger partial charge in [0, 0.05) is 12.5 Å². The highest BCUT2D eigenvalue weighted by atomic mass is 32.2. The Morgan fingerprint density at radius 3 is 2.61 bits per heavy atom. The molecule has 2 N–H and O–H groups in total. The Morgan fingerprint density at radius 2 is 2.00 bits per heavy atom. The average molecular weight is 273 g/mol. The second-order valence-electron chi connectivity index (χ2n) is 4.58. The number of hydrogen-bond acceptors (Lipinski definition) is 3. The molecule has 6 heteroatoms. The van der Waals surface area contributed by atoms with Crippen LogP contribution in [0.5, 0.6) is 0 Å². The van der Waals surface area contributed by atoms with Gasteiger partial charge in [-0.2, -0.15) is 0 Å². The van der Waals surface area contributed by atoms with Gasteiger partial charge in [-0.3, -0.25) is 0 Å². The summed E-state index contributed by atoms with van der Waals surface area (Å²) in [4.78, 5) is 0. The van der Waals surface area contributed by atoms with E-state index in [1.807, 2.05) is 0 Å². The van der Waals surface area contributed by atoms with Crippen molar-refractivity contribution in [2.45, 2.75) is 18.1 Å². The van der Waals surface area contributed by atoms with Crippen LogP contribution in [0.25, 0.3) is 0 Å². The van der Waals surface area contributed by atoms with Crippen LogP contribution < -0.4 is 5.14 Å². The van der Waals surface area contributed by atoms with Crippen LogP contribution in [0.3, 0.4) is 0 Å². The predicted octanol–water partition coefficient (Wildman–Crippen LogP) is 1.06. The molecule has 0 aromatic heterocycles. The summed E-state index contributed by atoms with van der Waals surface area (Å²) in [6.45, 7) is 0.791. The third-order valence-corrected chi connectivity index (χ3v) is 4.70. The minimum Gasteiger partial charge on any atom is -0.381 e. The second-order valence-corrected chi connectivity index (χ2v) is 6.37. The van der Waals surface area contributed by atoms with Crippen molar-refractivity contribution in [2.24, 2.45) is 11.1 Å². The molecule has 1 heterocycles. The lowest BCUT2D eigenvalue weighted by Gasteiger charge is -2.29. The van der Waals surface area contributed by atoms with Crippen molar-refractivity contribution in [3.05, 3.63) is 35.6 Å². The third kappa shape index (κ3) is 3.28. The number of hydrogen-bond donors (Lipinski definition) is 1. The van der Waals surface area contributed by atoms with Gasteiger partial charge in [0.05, 0.1) is 11.9 Å². The molecule has 1 aliphatic rings. The van der Waals surface area contributed by atoms with Crippen molar-refractivity contribution in [1.29, 1.82) is 0 Å². The lowest BCUT2D eigenvalue weighted by Crippen LogP contribution is -2.42. The summed E-state index contributed by atoms with van der Waals surface area (Å²) in [5, 5.41) is 4.66. The maximum atomic E-state index is 12.8. The van der Waals surface area contributed by atoms with Gasteiger partial charge in [-0.15, -0.1) is 0 Å². The molecule has 1 aliphatic heterocycles. The van der Waals surface area contributed by atoms with E-state index in [0.29, 0.717) is 26.1 Å². The molecule has 0 spiro atoms. The Labute approximate surface area is 106 Å². The molecule has 2 atom stereocenters. The molecule has 1 fully saturated rings. The third-order valence-electron chi connectivity index (χ3n) is 3.24. The van der Waals surface area contributed by atoms with Crippen LogP contribution in [-0.2, 0) is 21.2 Å². The van der Waals surface area contributed by atoms with E-state index in [2.05, 4.69) is 0 Å². The topological polar surface area (TPSA) is 69.4 Å². The van der Waals surface area contributed by atoms with Gasteiger partial charge in [0.1, 0.15) is 5.82 Å². The molecule has 0 bridgehead atoms. The first-order valence-electron chi connectivity index (χ1n) is 5.80. The highest BCUT2D eigenvalue weighted by Gasteiger charge is 2.33. The first kappa shape index (κ1) is 13.5. The van der Waals surface area contributed by atoms with E-state index < -0.39 is 15.3 Å². The van der Waals surface area contributed by atoms with Crippen molar-refractivity contribution < 1.29 is 17.5 Å². The second kappa shape index (κ2) is 5.34.